The zero-order chi connectivity index (χ0) is 16.8. The first kappa shape index (κ1) is 17.3. The van der Waals surface area contributed by atoms with Gasteiger partial charge in [-0.2, -0.15) is 0 Å². The lowest BCUT2D eigenvalue weighted by atomic mass is 10.1. The molecule has 2 aromatic rings. The molecule has 1 N–H and O–H groups in total. The maximum Gasteiger partial charge on any atom is 0.0642 e. The summed E-state index contributed by atoms with van der Waals surface area (Å²) in [6, 6.07) is 17.9. The summed E-state index contributed by atoms with van der Waals surface area (Å²) in [5.41, 5.74) is 4.02. The molecule has 0 aromatic heterocycles. The predicted octanol–water partition coefficient (Wildman–Crippen LogP) is 4.10. The quantitative estimate of drug-likeness (QED) is 0.799. The molecule has 1 heterocycles. The number of nitrogens with one attached hydrogen (secondary N) is 1. The van der Waals surface area contributed by atoms with Crippen molar-refractivity contribution in [3.63, 3.8) is 0 Å². The van der Waals surface area contributed by atoms with Crippen LogP contribution >= 0.6 is 11.8 Å². The molecule has 1 aliphatic rings. The van der Waals surface area contributed by atoms with E-state index in [1.807, 2.05) is 0 Å². The highest BCUT2D eigenvalue weighted by atomic mass is 32.2. The average molecular weight is 343 g/mol. The summed E-state index contributed by atoms with van der Waals surface area (Å²) in [6.45, 7) is 6.69. The number of ether oxygens (including phenoxy) is 1. The Balaban J connectivity index is 1.65. The number of morpholine rings is 1. The molecule has 128 valence electrons. The number of para-hydroxylation sites is 1. The van der Waals surface area contributed by atoms with Gasteiger partial charge in [0.25, 0.3) is 0 Å². The molecular weight excluding hydrogens is 316 g/mol. The van der Waals surface area contributed by atoms with Gasteiger partial charge in [0.1, 0.15) is 0 Å². The van der Waals surface area contributed by atoms with E-state index in [1.165, 1.54) is 21.7 Å². The standard InChI is InChI=1S/C20H26N2OS/c1-16(17-7-9-19(24-2)10-8-17)21-15-18-5-3-4-6-20(18)22-11-13-23-14-12-22/h3-10,16,21H,11-15H2,1-2H3. The number of hydrogen-bond donors (Lipinski definition) is 1. The molecule has 0 radical (unpaired) electrons. The molecule has 4 heteroatoms. The normalized spacial score (nSPS) is 16.2. The van der Waals surface area contributed by atoms with Crippen molar-refractivity contribution < 1.29 is 4.74 Å². The molecule has 24 heavy (non-hydrogen) atoms. The Hall–Kier alpha value is -1.49. The van der Waals surface area contributed by atoms with E-state index in [2.05, 4.69) is 71.9 Å². The van der Waals surface area contributed by atoms with Gasteiger partial charge in [0.2, 0.25) is 0 Å². The average Bonchev–Trinajstić information content (AvgIpc) is 2.67. The first-order chi connectivity index (χ1) is 11.8. The van der Waals surface area contributed by atoms with E-state index < -0.39 is 0 Å². The minimum Gasteiger partial charge on any atom is -0.378 e. The van der Waals surface area contributed by atoms with E-state index in [4.69, 9.17) is 4.74 Å². The van der Waals surface area contributed by atoms with Crippen LogP contribution in [0.1, 0.15) is 24.1 Å². The summed E-state index contributed by atoms with van der Waals surface area (Å²) in [6.07, 6.45) is 2.11. The summed E-state index contributed by atoms with van der Waals surface area (Å²) in [4.78, 5) is 3.74. The van der Waals surface area contributed by atoms with Gasteiger partial charge in [0, 0.05) is 36.3 Å². The van der Waals surface area contributed by atoms with E-state index in [0.717, 1.165) is 32.8 Å². The molecule has 0 aliphatic carbocycles. The molecule has 3 nitrogen and oxygen atoms in total. The lowest BCUT2D eigenvalue weighted by Crippen LogP contribution is -2.37. The molecule has 3 rings (SSSR count). The minimum absolute atomic E-state index is 0.332. The lowest BCUT2D eigenvalue weighted by Gasteiger charge is -2.31. The molecule has 0 saturated carbocycles. The van der Waals surface area contributed by atoms with Crippen LogP contribution in [0.5, 0.6) is 0 Å². The third-order valence-electron chi connectivity index (χ3n) is 4.56. The Morgan fingerprint density at radius 2 is 1.79 bits per heavy atom. The zero-order valence-electron chi connectivity index (χ0n) is 14.5. The number of hydrogen-bond acceptors (Lipinski definition) is 4. The fourth-order valence-electron chi connectivity index (χ4n) is 3.05. The predicted molar refractivity (Wildman–Crippen MR) is 103 cm³/mol. The third-order valence-corrected chi connectivity index (χ3v) is 5.30. The van der Waals surface area contributed by atoms with Crippen LogP contribution in [-0.4, -0.2) is 32.6 Å². The highest BCUT2D eigenvalue weighted by Crippen LogP contribution is 2.23. The van der Waals surface area contributed by atoms with Gasteiger partial charge in [-0.25, -0.2) is 0 Å². The minimum atomic E-state index is 0.332. The summed E-state index contributed by atoms with van der Waals surface area (Å²) < 4.78 is 5.48. The Morgan fingerprint density at radius 1 is 1.08 bits per heavy atom. The van der Waals surface area contributed by atoms with E-state index in [0.29, 0.717) is 6.04 Å². The van der Waals surface area contributed by atoms with Crippen LogP contribution in [0.2, 0.25) is 0 Å². The smallest absolute Gasteiger partial charge is 0.0642 e. The van der Waals surface area contributed by atoms with Crippen molar-refractivity contribution in [1.82, 2.24) is 5.32 Å². The van der Waals surface area contributed by atoms with E-state index in [1.54, 1.807) is 11.8 Å². The van der Waals surface area contributed by atoms with Crippen molar-refractivity contribution >= 4 is 17.4 Å². The highest BCUT2D eigenvalue weighted by molar-refractivity contribution is 7.98. The van der Waals surface area contributed by atoms with Crippen molar-refractivity contribution in [1.29, 1.82) is 0 Å². The number of benzene rings is 2. The summed E-state index contributed by atoms with van der Waals surface area (Å²) >= 11 is 1.78. The molecule has 2 aromatic carbocycles. The van der Waals surface area contributed by atoms with E-state index >= 15 is 0 Å². The SMILES string of the molecule is CSc1ccc(C(C)NCc2ccccc2N2CCOCC2)cc1. The number of thioether (sulfide) groups is 1. The number of rotatable bonds is 6. The van der Waals surface area contributed by atoms with Gasteiger partial charge in [-0.05, 0) is 42.5 Å². The monoisotopic (exact) mass is 342 g/mol. The Bertz CT molecular complexity index is 638. The molecule has 0 bridgehead atoms. The van der Waals surface area contributed by atoms with Crippen molar-refractivity contribution in [2.24, 2.45) is 0 Å². The number of anilines is 1. The second kappa shape index (κ2) is 8.56. The first-order valence-corrected chi connectivity index (χ1v) is 9.78. The van der Waals surface area contributed by atoms with Gasteiger partial charge in [-0.3, -0.25) is 0 Å². The van der Waals surface area contributed by atoms with Crippen LogP contribution in [0.25, 0.3) is 0 Å². The van der Waals surface area contributed by atoms with Crippen LogP contribution in [0.15, 0.2) is 53.4 Å². The van der Waals surface area contributed by atoms with E-state index in [9.17, 15) is 0 Å². The van der Waals surface area contributed by atoms with Crippen LogP contribution in [-0.2, 0) is 11.3 Å². The fourth-order valence-corrected chi connectivity index (χ4v) is 3.45. The molecule has 0 amide bonds. The van der Waals surface area contributed by atoms with Gasteiger partial charge in [0.15, 0.2) is 0 Å². The second-order valence-electron chi connectivity index (χ2n) is 6.10. The lowest BCUT2D eigenvalue weighted by molar-refractivity contribution is 0.122. The first-order valence-electron chi connectivity index (χ1n) is 8.56. The summed E-state index contributed by atoms with van der Waals surface area (Å²) in [5, 5.41) is 3.67. The Kier molecular flexibility index (Phi) is 6.18. The van der Waals surface area contributed by atoms with Crippen molar-refractivity contribution in [2.75, 3.05) is 37.5 Å². The van der Waals surface area contributed by atoms with Gasteiger partial charge in [-0.1, -0.05) is 30.3 Å². The van der Waals surface area contributed by atoms with Gasteiger partial charge < -0.3 is 15.0 Å². The van der Waals surface area contributed by atoms with Crippen LogP contribution in [0.3, 0.4) is 0 Å². The molecule has 1 saturated heterocycles. The van der Waals surface area contributed by atoms with Crippen LogP contribution in [0.4, 0.5) is 5.69 Å². The molecule has 0 spiro atoms. The molecule has 1 aliphatic heterocycles. The van der Waals surface area contributed by atoms with Crippen LogP contribution in [0, 0.1) is 0 Å². The van der Waals surface area contributed by atoms with E-state index in [-0.39, 0.29) is 0 Å². The summed E-state index contributed by atoms with van der Waals surface area (Å²) in [7, 11) is 0. The van der Waals surface area contributed by atoms with Crippen molar-refractivity contribution in [2.45, 2.75) is 24.4 Å². The number of nitrogens with zero attached hydrogens (tertiary/aromatic N) is 1. The highest BCUT2D eigenvalue weighted by Gasteiger charge is 2.14. The summed E-state index contributed by atoms with van der Waals surface area (Å²) in [5.74, 6) is 0. The second-order valence-corrected chi connectivity index (χ2v) is 6.98. The Morgan fingerprint density at radius 3 is 2.50 bits per heavy atom. The maximum atomic E-state index is 5.48. The maximum absolute atomic E-state index is 5.48. The van der Waals surface area contributed by atoms with Crippen LogP contribution < -0.4 is 10.2 Å². The third kappa shape index (κ3) is 4.32. The largest absolute Gasteiger partial charge is 0.378 e. The van der Waals surface area contributed by atoms with Crippen molar-refractivity contribution in [3.8, 4) is 0 Å². The molecular formula is C20H26N2OS. The zero-order valence-corrected chi connectivity index (χ0v) is 15.3. The topological polar surface area (TPSA) is 24.5 Å². The van der Waals surface area contributed by atoms with Gasteiger partial charge >= 0.3 is 0 Å². The van der Waals surface area contributed by atoms with Crippen molar-refractivity contribution in [3.05, 3.63) is 59.7 Å². The molecule has 1 fully saturated rings. The fraction of sp³-hybridized carbons (Fsp3) is 0.400. The molecule has 1 atom stereocenters. The molecule has 1 unspecified atom stereocenters. The van der Waals surface area contributed by atoms with Gasteiger partial charge in [-0.15, -0.1) is 11.8 Å². The van der Waals surface area contributed by atoms with Gasteiger partial charge in [0.05, 0.1) is 13.2 Å². The Labute approximate surface area is 149 Å².